The van der Waals surface area contributed by atoms with Crippen molar-refractivity contribution >= 4 is 41.0 Å². The Morgan fingerprint density at radius 1 is 0.950 bits per heavy atom. The van der Waals surface area contributed by atoms with Crippen LogP contribution in [0.5, 0.6) is 0 Å². The Hall–Kier alpha value is 1.27. The molecule has 2 heteroatoms. The predicted octanol–water partition coefficient (Wildman–Crippen LogP) is 7.61. The second kappa shape index (κ2) is 12.8. The van der Waals surface area contributed by atoms with Gasteiger partial charge in [0.25, 0.3) is 0 Å². The molecular weight excluding hydrogens is 462 g/mol. The average molecular weight is 499 g/mol. The van der Waals surface area contributed by atoms with Gasteiger partial charge in [0.2, 0.25) is 0 Å². The molecule has 1 unspecified atom stereocenters. The molecule has 0 bridgehead atoms. The van der Waals surface area contributed by atoms with Crippen molar-refractivity contribution in [1.82, 2.24) is 0 Å². The van der Waals surface area contributed by atoms with E-state index in [0.29, 0.717) is 0 Å². The van der Waals surface area contributed by atoms with E-state index in [0.717, 1.165) is 3.92 Å². The van der Waals surface area contributed by atoms with Gasteiger partial charge in [0, 0.05) is 0 Å². The molecule has 0 nitrogen and oxygen atoms in total. The summed E-state index contributed by atoms with van der Waals surface area (Å²) < 4.78 is 7.12. The first kappa shape index (κ1) is 21.3. The Labute approximate surface area is 146 Å². The number of unbranched alkanes of at least 4 members (excludes halogenated alkanes) is 3. The first-order valence-electron chi connectivity index (χ1n) is 8.80. The third-order valence-electron chi connectivity index (χ3n) is 4.38. The first-order chi connectivity index (χ1) is 9.49. The fourth-order valence-corrected chi connectivity index (χ4v) is 20.5. The summed E-state index contributed by atoms with van der Waals surface area (Å²) in [6, 6.07) is 0. The fourth-order valence-electron chi connectivity index (χ4n) is 3.30. The summed E-state index contributed by atoms with van der Waals surface area (Å²) in [5.74, 6) is 0. The molecule has 20 heavy (non-hydrogen) atoms. The van der Waals surface area contributed by atoms with E-state index in [4.69, 9.17) is 0 Å². The van der Waals surface area contributed by atoms with Crippen molar-refractivity contribution < 1.29 is 0 Å². The van der Waals surface area contributed by atoms with Gasteiger partial charge in [-0.1, -0.05) is 0 Å². The van der Waals surface area contributed by atoms with Crippen LogP contribution in [0.2, 0.25) is 17.7 Å². The van der Waals surface area contributed by atoms with Gasteiger partial charge in [-0.05, 0) is 0 Å². The number of halogens is 1. The summed E-state index contributed by atoms with van der Waals surface area (Å²) in [6.45, 7) is 13.9. The Kier molecular flexibility index (Phi) is 13.6. The van der Waals surface area contributed by atoms with Crippen molar-refractivity contribution in [1.29, 1.82) is 0 Å². The van der Waals surface area contributed by atoms with Gasteiger partial charge >= 0.3 is 147 Å². The molecule has 0 saturated carbocycles. The minimum atomic E-state index is -1.94. The van der Waals surface area contributed by atoms with Crippen molar-refractivity contribution in [2.24, 2.45) is 0 Å². The van der Waals surface area contributed by atoms with Crippen molar-refractivity contribution in [2.75, 3.05) is 0 Å². The van der Waals surface area contributed by atoms with Crippen molar-refractivity contribution in [3.63, 3.8) is 0 Å². The molecule has 120 valence electrons. The first-order valence-corrected chi connectivity index (χ1v) is 18.1. The molecule has 1 atom stereocenters. The van der Waals surface area contributed by atoms with E-state index in [-0.39, 0.29) is 0 Å². The summed E-state index contributed by atoms with van der Waals surface area (Å²) in [7, 11) is 0. The Bertz CT molecular complexity index is 226. The van der Waals surface area contributed by atoms with Crippen LogP contribution in [0, 0.1) is 0 Å². The Morgan fingerprint density at radius 3 is 1.65 bits per heavy atom. The molecule has 0 heterocycles. The van der Waals surface area contributed by atoms with Crippen LogP contribution in [0.1, 0.15) is 72.6 Å². The van der Waals surface area contributed by atoms with E-state index in [1.807, 2.05) is 0 Å². The van der Waals surface area contributed by atoms with Gasteiger partial charge in [0.05, 0.1) is 0 Å². The second-order valence-corrected chi connectivity index (χ2v) is 22.7. The molecular formula is C18H37ISn. The summed E-state index contributed by atoms with van der Waals surface area (Å²) in [6.07, 6.45) is 9.84. The van der Waals surface area contributed by atoms with Crippen LogP contribution < -0.4 is 0 Å². The number of rotatable bonds is 13. The van der Waals surface area contributed by atoms with Crippen molar-refractivity contribution in [3.8, 4) is 0 Å². The number of hydrogen-bond acceptors (Lipinski definition) is 0. The van der Waals surface area contributed by atoms with Crippen LogP contribution in [0.15, 0.2) is 12.2 Å². The number of alkyl halides is 1. The molecule has 0 spiro atoms. The topological polar surface area (TPSA) is 0 Å². The second-order valence-electron chi connectivity index (χ2n) is 6.72. The average Bonchev–Trinajstić information content (AvgIpc) is 2.39. The van der Waals surface area contributed by atoms with Gasteiger partial charge in [-0.2, -0.15) is 0 Å². The SMILES string of the molecule is C=C(CC(C)I)[CH2][Sn]([CH2]CCC)([CH2]CCC)[CH2]CCC. The summed E-state index contributed by atoms with van der Waals surface area (Å²) in [5.41, 5.74) is 1.59. The fraction of sp³-hybridized carbons (Fsp3) is 0.889. The van der Waals surface area contributed by atoms with Crippen molar-refractivity contribution in [3.05, 3.63) is 12.2 Å². The van der Waals surface area contributed by atoms with E-state index in [9.17, 15) is 0 Å². The third-order valence-corrected chi connectivity index (χ3v) is 20.5. The number of hydrogen-bond donors (Lipinski definition) is 0. The van der Waals surface area contributed by atoms with E-state index >= 15 is 0 Å². The Balaban J connectivity index is 4.77. The molecule has 0 aromatic carbocycles. The molecule has 0 aliphatic heterocycles. The number of allylic oxidation sites excluding steroid dienone is 1. The van der Waals surface area contributed by atoms with Crippen LogP contribution in [0.3, 0.4) is 0 Å². The molecule has 0 N–H and O–H groups in total. The zero-order valence-electron chi connectivity index (χ0n) is 14.4. The van der Waals surface area contributed by atoms with Crippen LogP contribution in [0.4, 0.5) is 0 Å². The summed E-state index contributed by atoms with van der Waals surface area (Å²) >= 11 is 0.621. The zero-order valence-corrected chi connectivity index (χ0v) is 19.5. The molecule has 0 fully saturated rings. The normalized spacial score (nSPS) is 13.4. The van der Waals surface area contributed by atoms with E-state index in [1.54, 1.807) is 18.9 Å². The van der Waals surface area contributed by atoms with Gasteiger partial charge in [0.15, 0.2) is 0 Å². The molecule has 0 aliphatic rings. The van der Waals surface area contributed by atoms with Gasteiger partial charge in [0.1, 0.15) is 0 Å². The molecule has 0 amide bonds. The maximum absolute atomic E-state index is 4.45. The van der Waals surface area contributed by atoms with Crippen LogP contribution >= 0.6 is 22.6 Å². The van der Waals surface area contributed by atoms with Gasteiger partial charge in [-0.25, -0.2) is 0 Å². The van der Waals surface area contributed by atoms with Gasteiger partial charge in [-0.15, -0.1) is 0 Å². The Morgan fingerprint density at radius 2 is 1.35 bits per heavy atom. The molecule has 0 aromatic rings. The molecule has 0 aliphatic carbocycles. The quantitative estimate of drug-likeness (QED) is 0.106. The standard InChI is InChI=1S/C6H10I.3C4H9.Sn/c1-5(2)4-6(3)7;3*1-3-4-2;/h6H,1-2,4H2,3H3;3*1,3-4H2,2H3;. The van der Waals surface area contributed by atoms with Crippen LogP contribution in [0.25, 0.3) is 0 Å². The van der Waals surface area contributed by atoms with E-state index in [1.165, 1.54) is 49.4 Å². The monoisotopic (exact) mass is 500 g/mol. The van der Waals surface area contributed by atoms with Gasteiger partial charge < -0.3 is 0 Å². The van der Waals surface area contributed by atoms with Crippen molar-refractivity contribution in [2.45, 2.75) is 94.3 Å². The van der Waals surface area contributed by atoms with Crippen LogP contribution in [-0.4, -0.2) is 22.3 Å². The predicted molar refractivity (Wildman–Crippen MR) is 107 cm³/mol. The third kappa shape index (κ3) is 10.1. The molecule has 0 radical (unpaired) electrons. The zero-order chi connectivity index (χ0) is 15.4. The molecule has 0 aromatic heterocycles. The summed E-state index contributed by atoms with van der Waals surface area (Å²) in [4.78, 5) is 0. The van der Waals surface area contributed by atoms with Crippen LogP contribution in [-0.2, 0) is 0 Å². The van der Waals surface area contributed by atoms with E-state index < -0.39 is 18.4 Å². The minimum absolute atomic E-state index is 0.757. The van der Waals surface area contributed by atoms with E-state index in [2.05, 4.69) is 56.9 Å². The summed E-state index contributed by atoms with van der Waals surface area (Å²) in [5, 5.41) is 0. The molecule has 0 rings (SSSR count). The van der Waals surface area contributed by atoms with Gasteiger partial charge in [-0.3, -0.25) is 0 Å². The molecule has 0 saturated heterocycles. The maximum atomic E-state index is 4.45.